The predicted octanol–water partition coefficient (Wildman–Crippen LogP) is 1.84. The minimum atomic E-state index is 0.372. The number of hydrogen-bond acceptors (Lipinski definition) is 2. The molecule has 1 fully saturated rings. The SMILES string of the molecule is CCN1CC(CC(C)N)CCC1C. The van der Waals surface area contributed by atoms with Gasteiger partial charge in [-0.25, -0.2) is 0 Å². The lowest BCUT2D eigenvalue weighted by atomic mass is 9.89. The van der Waals surface area contributed by atoms with E-state index < -0.39 is 0 Å². The molecule has 0 aromatic heterocycles. The van der Waals surface area contributed by atoms with E-state index in [0.717, 1.165) is 12.0 Å². The fourth-order valence-electron chi connectivity index (χ4n) is 2.42. The third-order valence-electron chi connectivity index (χ3n) is 3.22. The van der Waals surface area contributed by atoms with Crippen LogP contribution >= 0.6 is 0 Å². The van der Waals surface area contributed by atoms with E-state index in [2.05, 4.69) is 25.7 Å². The van der Waals surface area contributed by atoms with Crippen LogP contribution in [0.2, 0.25) is 0 Å². The molecule has 0 aliphatic carbocycles. The summed E-state index contributed by atoms with van der Waals surface area (Å²) in [6, 6.07) is 1.16. The zero-order valence-corrected chi connectivity index (χ0v) is 9.29. The summed E-state index contributed by atoms with van der Waals surface area (Å²) in [7, 11) is 0. The van der Waals surface area contributed by atoms with Crippen molar-refractivity contribution >= 4 is 0 Å². The van der Waals surface area contributed by atoms with E-state index in [9.17, 15) is 0 Å². The molecule has 2 N–H and O–H groups in total. The first kappa shape index (κ1) is 11.0. The lowest BCUT2D eigenvalue weighted by molar-refractivity contribution is 0.117. The maximum absolute atomic E-state index is 5.83. The first-order valence-corrected chi connectivity index (χ1v) is 5.63. The van der Waals surface area contributed by atoms with Crippen molar-refractivity contribution < 1.29 is 0 Å². The van der Waals surface area contributed by atoms with Crippen molar-refractivity contribution in [2.75, 3.05) is 13.1 Å². The molecule has 78 valence electrons. The second kappa shape index (κ2) is 4.97. The van der Waals surface area contributed by atoms with Gasteiger partial charge in [0, 0.05) is 18.6 Å². The maximum atomic E-state index is 5.83. The summed E-state index contributed by atoms with van der Waals surface area (Å²) >= 11 is 0. The summed E-state index contributed by atoms with van der Waals surface area (Å²) in [5.41, 5.74) is 5.83. The predicted molar refractivity (Wildman–Crippen MR) is 57.7 cm³/mol. The first-order valence-electron chi connectivity index (χ1n) is 5.63. The van der Waals surface area contributed by atoms with Gasteiger partial charge < -0.3 is 10.6 Å². The van der Waals surface area contributed by atoms with Crippen molar-refractivity contribution in [2.45, 2.75) is 52.1 Å². The standard InChI is InChI=1S/C11H24N2/c1-4-13-8-11(7-9(2)12)6-5-10(13)3/h9-11H,4-8,12H2,1-3H3. The Morgan fingerprint density at radius 1 is 1.46 bits per heavy atom. The van der Waals surface area contributed by atoms with Gasteiger partial charge in [-0.15, -0.1) is 0 Å². The van der Waals surface area contributed by atoms with E-state index in [1.165, 1.54) is 32.4 Å². The molecular formula is C11H24N2. The molecule has 1 heterocycles. The average molecular weight is 184 g/mol. The Kier molecular flexibility index (Phi) is 4.20. The van der Waals surface area contributed by atoms with Crippen molar-refractivity contribution in [1.29, 1.82) is 0 Å². The molecule has 0 saturated carbocycles. The van der Waals surface area contributed by atoms with Gasteiger partial charge in [0.15, 0.2) is 0 Å². The summed E-state index contributed by atoms with van der Waals surface area (Å²) < 4.78 is 0. The van der Waals surface area contributed by atoms with E-state index in [0.29, 0.717) is 6.04 Å². The van der Waals surface area contributed by atoms with E-state index in [1.54, 1.807) is 0 Å². The molecule has 0 bridgehead atoms. The molecule has 3 unspecified atom stereocenters. The van der Waals surface area contributed by atoms with Crippen molar-refractivity contribution in [2.24, 2.45) is 11.7 Å². The molecule has 0 radical (unpaired) electrons. The van der Waals surface area contributed by atoms with Gasteiger partial charge in [-0.05, 0) is 45.6 Å². The highest BCUT2D eigenvalue weighted by Gasteiger charge is 2.24. The molecule has 0 aromatic rings. The van der Waals surface area contributed by atoms with Crippen LogP contribution in [0.15, 0.2) is 0 Å². The smallest absolute Gasteiger partial charge is 0.00670 e. The van der Waals surface area contributed by atoms with Crippen LogP contribution in [0.4, 0.5) is 0 Å². The molecule has 1 saturated heterocycles. The molecule has 1 rings (SSSR count). The summed E-state index contributed by atoms with van der Waals surface area (Å²) in [5, 5.41) is 0. The monoisotopic (exact) mass is 184 g/mol. The molecule has 2 nitrogen and oxygen atoms in total. The van der Waals surface area contributed by atoms with Crippen LogP contribution in [0.5, 0.6) is 0 Å². The number of piperidine rings is 1. The van der Waals surface area contributed by atoms with Gasteiger partial charge in [0.2, 0.25) is 0 Å². The van der Waals surface area contributed by atoms with E-state index in [-0.39, 0.29) is 0 Å². The maximum Gasteiger partial charge on any atom is 0.00670 e. The third kappa shape index (κ3) is 3.28. The van der Waals surface area contributed by atoms with Crippen LogP contribution in [0.1, 0.15) is 40.0 Å². The van der Waals surface area contributed by atoms with E-state index >= 15 is 0 Å². The largest absolute Gasteiger partial charge is 0.328 e. The topological polar surface area (TPSA) is 29.3 Å². The highest BCUT2D eigenvalue weighted by Crippen LogP contribution is 2.24. The quantitative estimate of drug-likeness (QED) is 0.725. The molecule has 2 heteroatoms. The van der Waals surface area contributed by atoms with Crippen molar-refractivity contribution in [1.82, 2.24) is 4.90 Å². The van der Waals surface area contributed by atoms with Crippen molar-refractivity contribution in [3.8, 4) is 0 Å². The van der Waals surface area contributed by atoms with Gasteiger partial charge >= 0.3 is 0 Å². The Morgan fingerprint density at radius 2 is 2.15 bits per heavy atom. The molecule has 13 heavy (non-hydrogen) atoms. The van der Waals surface area contributed by atoms with Gasteiger partial charge in [-0.1, -0.05) is 6.92 Å². The highest BCUT2D eigenvalue weighted by molar-refractivity contribution is 4.79. The zero-order valence-electron chi connectivity index (χ0n) is 9.29. The molecule has 1 aliphatic rings. The molecule has 3 atom stereocenters. The second-order valence-electron chi connectivity index (χ2n) is 4.59. The van der Waals surface area contributed by atoms with Gasteiger partial charge in [0.1, 0.15) is 0 Å². The fraction of sp³-hybridized carbons (Fsp3) is 1.00. The van der Waals surface area contributed by atoms with Gasteiger partial charge in [-0.3, -0.25) is 0 Å². The zero-order chi connectivity index (χ0) is 9.84. The van der Waals surface area contributed by atoms with Crippen LogP contribution in [0.3, 0.4) is 0 Å². The Balaban J connectivity index is 2.36. The second-order valence-corrected chi connectivity index (χ2v) is 4.59. The minimum absolute atomic E-state index is 0.372. The Bertz CT molecular complexity index is 145. The summed E-state index contributed by atoms with van der Waals surface area (Å²) in [5.74, 6) is 0.844. The van der Waals surface area contributed by atoms with Gasteiger partial charge in [0.05, 0.1) is 0 Å². The fourth-order valence-corrected chi connectivity index (χ4v) is 2.42. The number of likely N-dealkylation sites (tertiary alicyclic amines) is 1. The van der Waals surface area contributed by atoms with Gasteiger partial charge in [-0.2, -0.15) is 0 Å². The minimum Gasteiger partial charge on any atom is -0.328 e. The van der Waals surface area contributed by atoms with Crippen LogP contribution in [-0.4, -0.2) is 30.1 Å². The highest BCUT2D eigenvalue weighted by atomic mass is 15.2. The summed E-state index contributed by atoms with van der Waals surface area (Å²) in [4.78, 5) is 2.58. The molecule has 0 amide bonds. The Labute approximate surface area is 82.5 Å². The molecule has 1 aliphatic heterocycles. The van der Waals surface area contributed by atoms with Crippen molar-refractivity contribution in [3.05, 3.63) is 0 Å². The lowest BCUT2D eigenvalue weighted by Crippen LogP contribution is -2.42. The van der Waals surface area contributed by atoms with E-state index in [4.69, 9.17) is 5.73 Å². The van der Waals surface area contributed by atoms with Crippen LogP contribution in [0, 0.1) is 5.92 Å². The lowest BCUT2D eigenvalue weighted by Gasteiger charge is -2.37. The third-order valence-corrected chi connectivity index (χ3v) is 3.22. The average Bonchev–Trinajstić information content (AvgIpc) is 2.07. The van der Waals surface area contributed by atoms with Crippen LogP contribution in [-0.2, 0) is 0 Å². The van der Waals surface area contributed by atoms with Gasteiger partial charge in [0.25, 0.3) is 0 Å². The number of hydrogen-bond donors (Lipinski definition) is 1. The normalized spacial score (nSPS) is 33.2. The number of nitrogens with two attached hydrogens (primary N) is 1. The van der Waals surface area contributed by atoms with Crippen LogP contribution < -0.4 is 5.73 Å². The Morgan fingerprint density at radius 3 is 2.69 bits per heavy atom. The van der Waals surface area contributed by atoms with Crippen LogP contribution in [0.25, 0.3) is 0 Å². The summed E-state index contributed by atoms with van der Waals surface area (Å²) in [6.07, 6.45) is 3.92. The first-order chi connectivity index (χ1) is 6.13. The summed E-state index contributed by atoms with van der Waals surface area (Å²) in [6.45, 7) is 9.17. The number of rotatable bonds is 3. The number of nitrogens with zero attached hydrogens (tertiary/aromatic N) is 1. The Hall–Kier alpha value is -0.0800. The van der Waals surface area contributed by atoms with E-state index in [1.807, 2.05) is 0 Å². The molecular weight excluding hydrogens is 160 g/mol. The van der Waals surface area contributed by atoms with Crippen molar-refractivity contribution in [3.63, 3.8) is 0 Å². The molecule has 0 spiro atoms. The molecule has 0 aromatic carbocycles.